The molecule has 0 fully saturated rings. The summed E-state index contributed by atoms with van der Waals surface area (Å²) in [6.07, 6.45) is 1.38. The summed E-state index contributed by atoms with van der Waals surface area (Å²) in [5, 5.41) is 8.09. The van der Waals surface area contributed by atoms with Crippen molar-refractivity contribution in [3.63, 3.8) is 0 Å². The molecule has 0 aliphatic carbocycles. The average Bonchev–Trinajstić information content (AvgIpc) is 3.26. The van der Waals surface area contributed by atoms with Crippen molar-refractivity contribution in [3.8, 4) is 5.75 Å². The third kappa shape index (κ3) is 5.60. The molecule has 0 bridgehead atoms. The third-order valence-electron chi connectivity index (χ3n) is 3.79. The quantitative estimate of drug-likeness (QED) is 0.223. The number of thiophene rings is 1. The zero-order valence-corrected chi connectivity index (χ0v) is 16.2. The van der Waals surface area contributed by atoms with Crippen LogP contribution in [0.25, 0.3) is 0 Å². The Morgan fingerprint density at radius 1 is 0.966 bits per heavy atom. The van der Waals surface area contributed by atoms with Gasteiger partial charge in [0.15, 0.2) is 0 Å². The van der Waals surface area contributed by atoms with Crippen molar-refractivity contribution < 1.29 is 19.1 Å². The second kappa shape index (κ2) is 9.43. The Labute approximate surface area is 171 Å². The van der Waals surface area contributed by atoms with E-state index in [-0.39, 0.29) is 0 Å². The van der Waals surface area contributed by atoms with Crippen molar-refractivity contribution in [1.82, 2.24) is 5.43 Å². The number of ether oxygens (including phenoxy) is 1. The molecular weight excluding hydrogens is 390 g/mol. The van der Waals surface area contributed by atoms with E-state index in [1.165, 1.54) is 17.6 Å². The number of hydrogen-bond acceptors (Lipinski definition) is 6. The van der Waals surface area contributed by atoms with E-state index >= 15 is 0 Å². The maximum absolute atomic E-state index is 11.9. The number of hydrogen-bond donors (Lipinski definition) is 2. The van der Waals surface area contributed by atoms with Crippen LogP contribution in [0.2, 0.25) is 0 Å². The van der Waals surface area contributed by atoms with Crippen LogP contribution < -0.4 is 15.5 Å². The van der Waals surface area contributed by atoms with Crippen LogP contribution in [-0.4, -0.2) is 24.0 Å². The first-order chi connectivity index (χ1) is 14.0. The molecule has 0 unspecified atom stereocenters. The molecule has 8 heteroatoms. The molecule has 2 amide bonds. The second-order valence-electron chi connectivity index (χ2n) is 5.90. The average molecular weight is 407 g/mol. The van der Waals surface area contributed by atoms with Gasteiger partial charge in [0.1, 0.15) is 10.6 Å². The lowest BCUT2D eigenvalue weighted by molar-refractivity contribution is -0.136. The van der Waals surface area contributed by atoms with Gasteiger partial charge in [0, 0.05) is 5.69 Å². The van der Waals surface area contributed by atoms with Crippen molar-refractivity contribution in [2.75, 3.05) is 5.32 Å². The van der Waals surface area contributed by atoms with E-state index in [0.717, 1.165) is 5.56 Å². The first-order valence-electron chi connectivity index (χ1n) is 8.58. The zero-order valence-electron chi connectivity index (χ0n) is 15.4. The molecule has 0 aliphatic rings. The van der Waals surface area contributed by atoms with Crippen molar-refractivity contribution in [1.29, 1.82) is 0 Å². The van der Waals surface area contributed by atoms with Crippen LogP contribution in [0.3, 0.4) is 0 Å². The predicted molar refractivity (Wildman–Crippen MR) is 111 cm³/mol. The summed E-state index contributed by atoms with van der Waals surface area (Å²) in [5.74, 6) is -1.73. The van der Waals surface area contributed by atoms with Gasteiger partial charge in [-0.2, -0.15) is 5.10 Å². The summed E-state index contributed by atoms with van der Waals surface area (Å²) < 4.78 is 5.26. The molecular formula is C21H17N3O4S. The van der Waals surface area contributed by atoms with E-state index in [4.69, 9.17) is 4.74 Å². The fraction of sp³-hybridized carbons (Fsp3) is 0.0476. The number of amides is 2. The summed E-state index contributed by atoms with van der Waals surface area (Å²) in [4.78, 5) is 36.2. The summed E-state index contributed by atoms with van der Waals surface area (Å²) in [7, 11) is 0. The Morgan fingerprint density at radius 2 is 1.72 bits per heavy atom. The normalized spacial score (nSPS) is 10.5. The van der Waals surface area contributed by atoms with Gasteiger partial charge >= 0.3 is 17.8 Å². The number of para-hydroxylation sites is 1. The Morgan fingerprint density at radius 3 is 2.41 bits per heavy atom. The van der Waals surface area contributed by atoms with E-state index in [1.54, 1.807) is 53.9 Å². The maximum Gasteiger partial charge on any atom is 0.353 e. The number of carbonyl (C=O) groups is 3. The number of benzene rings is 2. The fourth-order valence-electron chi connectivity index (χ4n) is 2.28. The van der Waals surface area contributed by atoms with Crippen molar-refractivity contribution in [3.05, 3.63) is 82.0 Å². The highest BCUT2D eigenvalue weighted by Gasteiger charge is 2.13. The lowest BCUT2D eigenvalue weighted by Crippen LogP contribution is -2.32. The van der Waals surface area contributed by atoms with Gasteiger partial charge in [-0.05, 0) is 59.8 Å². The number of esters is 1. The standard InChI is InChI=1S/C21H17N3O4S/c1-14-5-2-3-6-17(14)23-19(25)20(26)24-22-13-15-8-10-16(11-9-15)28-21(27)18-7-4-12-29-18/h2-13H,1H3,(H,23,25)(H,24,26)/b22-13-. The van der Waals surface area contributed by atoms with E-state index in [0.29, 0.717) is 21.9 Å². The Balaban J connectivity index is 1.50. The minimum atomic E-state index is -0.883. The molecule has 0 atom stereocenters. The van der Waals surface area contributed by atoms with Gasteiger partial charge in [0.25, 0.3) is 0 Å². The maximum atomic E-state index is 11.9. The van der Waals surface area contributed by atoms with Gasteiger partial charge in [-0.1, -0.05) is 24.3 Å². The molecule has 0 radical (unpaired) electrons. The Bertz CT molecular complexity index is 1040. The van der Waals surface area contributed by atoms with Crippen LogP contribution in [0, 0.1) is 6.92 Å². The Kier molecular flexibility index (Phi) is 6.49. The van der Waals surface area contributed by atoms with Gasteiger partial charge in [0.05, 0.1) is 6.21 Å². The highest BCUT2D eigenvalue weighted by molar-refractivity contribution is 7.12. The lowest BCUT2D eigenvalue weighted by atomic mass is 10.2. The van der Waals surface area contributed by atoms with E-state index in [1.807, 2.05) is 19.1 Å². The number of rotatable bonds is 5. The van der Waals surface area contributed by atoms with Gasteiger partial charge in [-0.3, -0.25) is 9.59 Å². The smallest absolute Gasteiger partial charge is 0.353 e. The van der Waals surface area contributed by atoms with Gasteiger partial charge < -0.3 is 10.1 Å². The first kappa shape index (κ1) is 20.0. The van der Waals surface area contributed by atoms with Gasteiger partial charge in [-0.15, -0.1) is 11.3 Å². The molecule has 29 heavy (non-hydrogen) atoms. The number of anilines is 1. The lowest BCUT2D eigenvalue weighted by Gasteiger charge is -2.06. The number of nitrogens with one attached hydrogen (secondary N) is 2. The highest BCUT2D eigenvalue weighted by Crippen LogP contribution is 2.16. The molecule has 7 nitrogen and oxygen atoms in total. The van der Waals surface area contributed by atoms with Crippen LogP contribution in [0.4, 0.5) is 5.69 Å². The van der Waals surface area contributed by atoms with Crippen LogP contribution in [0.1, 0.15) is 20.8 Å². The number of nitrogens with zero attached hydrogens (tertiary/aromatic N) is 1. The van der Waals surface area contributed by atoms with Crippen molar-refractivity contribution in [2.24, 2.45) is 5.10 Å². The molecule has 0 aliphatic heterocycles. The molecule has 0 saturated carbocycles. The minimum Gasteiger partial charge on any atom is -0.422 e. The van der Waals surface area contributed by atoms with Crippen LogP contribution in [0.15, 0.2) is 71.1 Å². The molecule has 3 aromatic rings. The van der Waals surface area contributed by atoms with Crippen molar-refractivity contribution >= 4 is 41.0 Å². The van der Waals surface area contributed by atoms with E-state index in [9.17, 15) is 14.4 Å². The second-order valence-corrected chi connectivity index (χ2v) is 6.85. The van der Waals surface area contributed by atoms with Gasteiger partial charge in [0.2, 0.25) is 0 Å². The molecule has 1 heterocycles. The summed E-state index contributed by atoms with van der Waals surface area (Å²) in [6, 6.07) is 17.1. The number of aryl methyl sites for hydroxylation is 1. The monoisotopic (exact) mass is 407 g/mol. The topological polar surface area (TPSA) is 96.9 Å². The molecule has 3 rings (SSSR count). The van der Waals surface area contributed by atoms with Gasteiger partial charge in [-0.25, -0.2) is 10.2 Å². The third-order valence-corrected chi connectivity index (χ3v) is 4.64. The molecule has 0 saturated heterocycles. The first-order valence-corrected chi connectivity index (χ1v) is 9.46. The molecule has 0 spiro atoms. The predicted octanol–water partition coefficient (Wildman–Crippen LogP) is 3.36. The fourth-order valence-corrected chi connectivity index (χ4v) is 2.88. The highest BCUT2D eigenvalue weighted by atomic mass is 32.1. The SMILES string of the molecule is Cc1ccccc1NC(=O)C(=O)N/N=C\c1ccc(OC(=O)c2cccs2)cc1. The summed E-state index contributed by atoms with van der Waals surface area (Å²) in [6.45, 7) is 1.83. The molecule has 1 aromatic heterocycles. The van der Waals surface area contributed by atoms with E-state index < -0.39 is 17.8 Å². The minimum absolute atomic E-state index is 0.391. The van der Waals surface area contributed by atoms with Crippen molar-refractivity contribution in [2.45, 2.75) is 6.92 Å². The van der Waals surface area contributed by atoms with Crippen LogP contribution in [-0.2, 0) is 9.59 Å². The van der Waals surface area contributed by atoms with Crippen LogP contribution >= 0.6 is 11.3 Å². The van der Waals surface area contributed by atoms with E-state index in [2.05, 4.69) is 15.8 Å². The molecule has 2 aromatic carbocycles. The number of hydrazone groups is 1. The molecule has 146 valence electrons. The number of carbonyl (C=O) groups excluding carboxylic acids is 3. The molecule has 2 N–H and O–H groups in total. The zero-order chi connectivity index (χ0) is 20.6. The summed E-state index contributed by atoms with van der Waals surface area (Å²) >= 11 is 1.30. The summed E-state index contributed by atoms with van der Waals surface area (Å²) in [5.41, 5.74) is 4.23. The Hall–Kier alpha value is -3.78. The van der Waals surface area contributed by atoms with Crippen LogP contribution in [0.5, 0.6) is 5.75 Å². The largest absolute Gasteiger partial charge is 0.422 e.